The molecule has 0 spiro atoms. The van der Waals surface area contributed by atoms with Crippen molar-refractivity contribution in [1.29, 1.82) is 0 Å². The lowest BCUT2D eigenvalue weighted by atomic mass is 10.1. The van der Waals surface area contributed by atoms with Crippen LogP contribution in [0.5, 0.6) is 0 Å². The fourth-order valence-corrected chi connectivity index (χ4v) is 3.03. The molecule has 0 radical (unpaired) electrons. The van der Waals surface area contributed by atoms with E-state index in [0.29, 0.717) is 11.7 Å². The molecule has 1 aromatic rings. The molecule has 0 aliphatic heterocycles. The number of sulfonamides is 1. The third-order valence-electron chi connectivity index (χ3n) is 3.58. The van der Waals surface area contributed by atoms with Gasteiger partial charge in [0.2, 0.25) is 10.0 Å². The van der Waals surface area contributed by atoms with Crippen LogP contribution in [0, 0.1) is 0 Å². The second kappa shape index (κ2) is 4.78. The van der Waals surface area contributed by atoms with Crippen LogP contribution < -0.4 is 15.8 Å². The molecule has 0 amide bonds. The van der Waals surface area contributed by atoms with Gasteiger partial charge < -0.3 is 10.6 Å². The Labute approximate surface area is 108 Å². The number of hydrogen-bond acceptors (Lipinski definition) is 4. The van der Waals surface area contributed by atoms with Gasteiger partial charge in [0.1, 0.15) is 0 Å². The van der Waals surface area contributed by atoms with E-state index in [-0.39, 0.29) is 4.90 Å². The Kier molecular flexibility index (Phi) is 3.49. The average Bonchev–Trinajstić information content (AvgIpc) is 2.80. The molecule has 0 bridgehead atoms. The van der Waals surface area contributed by atoms with Crippen LogP contribution in [0.2, 0.25) is 0 Å². The summed E-state index contributed by atoms with van der Waals surface area (Å²) < 4.78 is 22.7. The number of anilines is 2. The Morgan fingerprint density at radius 3 is 2.44 bits per heavy atom. The van der Waals surface area contributed by atoms with Crippen LogP contribution in [0.1, 0.15) is 25.7 Å². The van der Waals surface area contributed by atoms with E-state index in [0.717, 1.165) is 18.5 Å². The molecule has 1 aliphatic carbocycles. The molecule has 1 aromatic carbocycles. The number of nitrogens with two attached hydrogens (primary N) is 2. The summed E-state index contributed by atoms with van der Waals surface area (Å²) in [6, 6.07) is 5.03. The number of nitrogens with zero attached hydrogens (tertiary/aromatic N) is 1. The number of rotatable bonds is 3. The van der Waals surface area contributed by atoms with E-state index >= 15 is 0 Å². The van der Waals surface area contributed by atoms with E-state index in [1.807, 2.05) is 7.05 Å². The lowest BCUT2D eigenvalue weighted by molar-refractivity contribution is 0.597. The van der Waals surface area contributed by atoms with Crippen LogP contribution in [0.15, 0.2) is 23.1 Å². The second-order valence-electron chi connectivity index (χ2n) is 4.81. The van der Waals surface area contributed by atoms with Gasteiger partial charge in [0.25, 0.3) is 0 Å². The van der Waals surface area contributed by atoms with Gasteiger partial charge in [-0.2, -0.15) is 0 Å². The molecular formula is C12H19N3O2S. The first-order chi connectivity index (χ1) is 8.39. The summed E-state index contributed by atoms with van der Waals surface area (Å²) in [6.45, 7) is 0. The molecule has 18 heavy (non-hydrogen) atoms. The Morgan fingerprint density at radius 2 is 1.89 bits per heavy atom. The zero-order chi connectivity index (χ0) is 13.3. The maximum absolute atomic E-state index is 11.4. The fourth-order valence-electron chi connectivity index (χ4n) is 2.49. The molecule has 0 saturated heterocycles. The molecule has 1 aliphatic rings. The fraction of sp³-hybridized carbons (Fsp3) is 0.500. The molecule has 0 aromatic heterocycles. The Morgan fingerprint density at radius 1 is 1.28 bits per heavy atom. The van der Waals surface area contributed by atoms with Crippen LogP contribution in [-0.2, 0) is 10.0 Å². The molecule has 0 atom stereocenters. The van der Waals surface area contributed by atoms with Crippen LogP contribution in [-0.4, -0.2) is 21.5 Å². The normalized spacial score (nSPS) is 17.0. The topological polar surface area (TPSA) is 89.4 Å². The molecule has 0 unspecified atom stereocenters. The summed E-state index contributed by atoms with van der Waals surface area (Å²) in [6.07, 6.45) is 4.67. The lowest BCUT2D eigenvalue weighted by Gasteiger charge is -2.28. The summed E-state index contributed by atoms with van der Waals surface area (Å²) >= 11 is 0. The number of benzene rings is 1. The average molecular weight is 269 g/mol. The van der Waals surface area contributed by atoms with Crippen LogP contribution in [0.3, 0.4) is 0 Å². The van der Waals surface area contributed by atoms with Crippen molar-refractivity contribution in [1.82, 2.24) is 0 Å². The molecule has 6 heteroatoms. The van der Waals surface area contributed by atoms with Crippen molar-refractivity contribution >= 4 is 21.4 Å². The molecule has 0 heterocycles. The lowest BCUT2D eigenvalue weighted by Crippen LogP contribution is -2.29. The molecular weight excluding hydrogens is 250 g/mol. The largest absolute Gasteiger partial charge is 0.397 e. The summed E-state index contributed by atoms with van der Waals surface area (Å²) in [7, 11) is -1.73. The minimum Gasteiger partial charge on any atom is -0.397 e. The number of primary sulfonamides is 1. The molecule has 100 valence electrons. The van der Waals surface area contributed by atoms with Crippen molar-refractivity contribution in [3.8, 4) is 0 Å². The highest BCUT2D eigenvalue weighted by Gasteiger charge is 2.22. The third kappa shape index (κ3) is 2.59. The smallest absolute Gasteiger partial charge is 0.238 e. The monoisotopic (exact) mass is 269 g/mol. The Bertz CT molecular complexity index is 536. The third-order valence-corrected chi connectivity index (χ3v) is 4.49. The SMILES string of the molecule is CN(c1cc(S(N)(=O)=O)ccc1N)C1CCCC1. The molecule has 5 nitrogen and oxygen atoms in total. The van der Waals surface area contributed by atoms with Gasteiger partial charge >= 0.3 is 0 Å². The maximum atomic E-state index is 11.4. The van der Waals surface area contributed by atoms with E-state index in [2.05, 4.69) is 4.90 Å². The van der Waals surface area contributed by atoms with E-state index < -0.39 is 10.0 Å². The highest BCUT2D eigenvalue weighted by Crippen LogP contribution is 2.31. The molecule has 4 N–H and O–H groups in total. The van der Waals surface area contributed by atoms with Gasteiger partial charge in [-0.05, 0) is 31.0 Å². The van der Waals surface area contributed by atoms with Crippen LogP contribution >= 0.6 is 0 Å². The predicted molar refractivity (Wildman–Crippen MR) is 72.9 cm³/mol. The summed E-state index contributed by atoms with van der Waals surface area (Å²) in [4.78, 5) is 2.17. The summed E-state index contributed by atoms with van der Waals surface area (Å²) in [5, 5.41) is 5.14. The minimum absolute atomic E-state index is 0.108. The van der Waals surface area contributed by atoms with E-state index in [9.17, 15) is 8.42 Å². The number of hydrogen-bond donors (Lipinski definition) is 2. The van der Waals surface area contributed by atoms with Crippen LogP contribution in [0.4, 0.5) is 11.4 Å². The van der Waals surface area contributed by atoms with Gasteiger partial charge in [0.05, 0.1) is 16.3 Å². The first-order valence-electron chi connectivity index (χ1n) is 6.05. The van der Waals surface area contributed by atoms with E-state index in [1.165, 1.54) is 18.9 Å². The zero-order valence-corrected chi connectivity index (χ0v) is 11.3. The van der Waals surface area contributed by atoms with Crippen molar-refractivity contribution in [3.05, 3.63) is 18.2 Å². The molecule has 1 fully saturated rings. The minimum atomic E-state index is -3.68. The van der Waals surface area contributed by atoms with Crippen molar-refractivity contribution < 1.29 is 8.42 Å². The van der Waals surface area contributed by atoms with E-state index in [4.69, 9.17) is 10.9 Å². The molecule has 2 rings (SSSR count). The van der Waals surface area contributed by atoms with Crippen molar-refractivity contribution in [2.75, 3.05) is 17.7 Å². The number of nitrogen functional groups attached to an aromatic ring is 1. The maximum Gasteiger partial charge on any atom is 0.238 e. The highest BCUT2D eigenvalue weighted by molar-refractivity contribution is 7.89. The molecule has 1 saturated carbocycles. The van der Waals surface area contributed by atoms with E-state index in [1.54, 1.807) is 12.1 Å². The highest BCUT2D eigenvalue weighted by atomic mass is 32.2. The quantitative estimate of drug-likeness (QED) is 0.809. The van der Waals surface area contributed by atoms with Gasteiger partial charge in [-0.15, -0.1) is 0 Å². The van der Waals surface area contributed by atoms with Gasteiger partial charge in [-0.25, -0.2) is 13.6 Å². The second-order valence-corrected chi connectivity index (χ2v) is 6.38. The Balaban J connectivity index is 2.37. The van der Waals surface area contributed by atoms with Gasteiger partial charge in [0, 0.05) is 13.1 Å². The first-order valence-corrected chi connectivity index (χ1v) is 7.59. The standard InChI is InChI=1S/C12H19N3O2S/c1-15(9-4-2-3-5-9)12-8-10(18(14,16)17)6-7-11(12)13/h6-9H,2-5,13H2,1H3,(H2,14,16,17). The van der Waals surface area contributed by atoms with Crippen molar-refractivity contribution in [3.63, 3.8) is 0 Å². The van der Waals surface area contributed by atoms with Crippen LogP contribution in [0.25, 0.3) is 0 Å². The van der Waals surface area contributed by atoms with Gasteiger partial charge in [-0.3, -0.25) is 0 Å². The van der Waals surface area contributed by atoms with Crippen molar-refractivity contribution in [2.24, 2.45) is 5.14 Å². The zero-order valence-electron chi connectivity index (χ0n) is 10.5. The van der Waals surface area contributed by atoms with Gasteiger partial charge in [-0.1, -0.05) is 12.8 Å². The van der Waals surface area contributed by atoms with Crippen molar-refractivity contribution in [2.45, 2.75) is 36.6 Å². The van der Waals surface area contributed by atoms with Gasteiger partial charge in [0.15, 0.2) is 0 Å². The summed E-state index contributed by atoms with van der Waals surface area (Å²) in [5.74, 6) is 0. The first kappa shape index (κ1) is 13.2. The Hall–Kier alpha value is -1.27. The summed E-state index contributed by atoms with van der Waals surface area (Å²) in [5.41, 5.74) is 7.25. The predicted octanol–water partition coefficient (Wildman–Crippen LogP) is 1.29.